The van der Waals surface area contributed by atoms with Crippen molar-refractivity contribution < 1.29 is 0 Å². The van der Waals surface area contributed by atoms with E-state index in [0.29, 0.717) is 0 Å². The zero-order valence-corrected chi connectivity index (χ0v) is 8.57. The number of rotatable bonds is 1. The maximum atomic E-state index is 4.55. The number of hydrogen-bond donors (Lipinski definition) is 1. The van der Waals surface area contributed by atoms with Crippen LogP contribution in [0.1, 0.15) is 17.0 Å². The Morgan fingerprint density at radius 3 is 3.00 bits per heavy atom. The molecule has 0 aromatic carbocycles. The zero-order chi connectivity index (χ0) is 10.3. The average Bonchev–Trinajstić information content (AvgIpc) is 2.83. The van der Waals surface area contributed by atoms with Crippen molar-refractivity contribution in [2.75, 3.05) is 0 Å². The van der Waals surface area contributed by atoms with Gasteiger partial charge in [-0.1, -0.05) is 6.07 Å². The van der Waals surface area contributed by atoms with E-state index in [1.807, 2.05) is 22.9 Å². The Morgan fingerprint density at radius 2 is 2.27 bits per heavy atom. The van der Waals surface area contributed by atoms with Crippen molar-refractivity contribution in [2.45, 2.75) is 20.0 Å². The lowest BCUT2D eigenvalue weighted by Crippen LogP contribution is -2.08. The fourth-order valence-corrected chi connectivity index (χ4v) is 1.97. The van der Waals surface area contributed by atoms with Crippen molar-refractivity contribution in [1.29, 1.82) is 0 Å². The van der Waals surface area contributed by atoms with Crippen LogP contribution in [0.15, 0.2) is 24.4 Å². The molecule has 4 nitrogen and oxygen atoms in total. The van der Waals surface area contributed by atoms with Crippen LogP contribution >= 0.6 is 0 Å². The smallest absolute Gasteiger partial charge is 0.153 e. The normalized spacial score (nSPS) is 14.2. The summed E-state index contributed by atoms with van der Waals surface area (Å²) in [5.41, 5.74) is 3.66. The maximum absolute atomic E-state index is 4.55. The van der Waals surface area contributed by atoms with Gasteiger partial charge in [-0.15, -0.1) is 0 Å². The number of aromatic nitrogens is 3. The van der Waals surface area contributed by atoms with E-state index < -0.39 is 0 Å². The van der Waals surface area contributed by atoms with Crippen molar-refractivity contribution in [1.82, 2.24) is 20.1 Å². The van der Waals surface area contributed by atoms with Crippen molar-refractivity contribution >= 4 is 0 Å². The van der Waals surface area contributed by atoms with E-state index in [1.165, 1.54) is 11.3 Å². The topological polar surface area (TPSA) is 42.7 Å². The van der Waals surface area contributed by atoms with E-state index in [2.05, 4.69) is 22.3 Å². The maximum Gasteiger partial charge on any atom is 0.153 e. The number of pyridine rings is 1. The Hall–Kier alpha value is -1.68. The third-order valence-electron chi connectivity index (χ3n) is 2.78. The summed E-state index contributed by atoms with van der Waals surface area (Å²) in [7, 11) is 0. The Labute approximate surface area is 88.0 Å². The van der Waals surface area contributed by atoms with Gasteiger partial charge in [0, 0.05) is 30.5 Å². The quantitative estimate of drug-likeness (QED) is 0.751. The molecular formula is C11H12N4. The van der Waals surface area contributed by atoms with E-state index in [9.17, 15) is 0 Å². The minimum absolute atomic E-state index is 0.871. The second-order valence-electron chi connectivity index (χ2n) is 3.71. The molecule has 0 bridgehead atoms. The van der Waals surface area contributed by atoms with Crippen LogP contribution in [0.2, 0.25) is 0 Å². The highest BCUT2D eigenvalue weighted by molar-refractivity contribution is 5.34. The highest BCUT2D eigenvalue weighted by Gasteiger charge is 2.19. The summed E-state index contributed by atoms with van der Waals surface area (Å²) >= 11 is 0. The summed E-state index contributed by atoms with van der Waals surface area (Å²) in [4.78, 5) is 4.30. The first-order chi connectivity index (χ1) is 7.36. The molecule has 0 spiro atoms. The summed E-state index contributed by atoms with van der Waals surface area (Å²) in [6.45, 7) is 3.89. The van der Waals surface area contributed by atoms with E-state index in [0.717, 1.165) is 24.6 Å². The predicted octanol–water partition coefficient (Wildman–Crippen LogP) is 1.18. The molecule has 0 atom stereocenters. The fourth-order valence-electron chi connectivity index (χ4n) is 1.97. The molecule has 1 aliphatic heterocycles. The van der Waals surface area contributed by atoms with Gasteiger partial charge in [0.1, 0.15) is 0 Å². The molecule has 0 aliphatic carbocycles. The summed E-state index contributed by atoms with van der Waals surface area (Å²) in [5.74, 6) is 0.893. The molecule has 2 aromatic heterocycles. The van der Waals surface area contributed by atoms with E-state index in [1.54, 1.807) is 6.20 Å². The fraction of sp³-hybridized carbons (Fsp3) is 0.273. The highest BCUT2D eigenvalue weighted by Crippen LogP contribution is 2.20. The van der Waals surface area contributed by atoms with Crippen molar-refractivity contribution in [2.24, 2.45) is 0 Å². The molecule has 0 saturated heterocycles. The first kappa shape index (κ1) is 8.61. The van der Waals surface area contributed by atoms with Crippen LogP contribution in [0, 0.1) is 6.92 Å². The molecule has 0 radical (unpaired) electrons. The van der Waals surface area contributed by atoms with Crippen LogP contribution in [0.3, 0.4) is 0 Å². The van der Waals surface area contributed by atoms with Crippen LogP contribution in [0.5, 0.6) is 0 Å². The molecule has 15 heavy (non-hydrogen) atoms. The molecule has 3 rings (SSSR count). The van der Waals surface area contributed by atoms with Crippen LogP contribution in [-0.2, 0) is 13.1 Å². The van der Waals surface area contributed by atoms with Gasteiger partial charge >= 0.3 is 0 Å². The lowest BCUT2D eigenvalue weighted by atomic mass is 10.2. The summed E-state index contributed by atoms with van der Waals surface area (Å²) in [5, 5.41) is 7.84. The molecule has 4 heteroatoms. The summed E-state index contributed by atoms with van der Waals surface area (Å²) in [6, 6.07) is 5.87. The molecular weight excluding hydrogens is 188 g/mol. The Kier molecular flexibility index (Phi) is 1.82. The zero-order valence-electron chi connectivity index (χ0n) is 8.57. The van der Waals surface area contributed by atoms with Crippen molar-refractivity contribution in [3.63, 3.8) is 0 Å². The van der Waals surface area contributed by atoms with E-state index in [4.69, 9.17) is 0 Å². The largest absolute Gasteiger partial charge is 0.307 e. The first-order valence-electron chi connectivity index (χ1n) is 5.06. The standard InChI is InChI=1S/C11H12N4/c1-8-9-6-12-7-10(9)14-15(8)11-4-2-3-5-13-11/h2-5,12H,6-7H2,1H3. The minimum Gasteiger partial charge on any atom is -0.307 e. The molecule has 1 N–H and O–H groups in total. The Balaban J connectivity index is 2.14. The van der Waals surface area contributed by atoms with E-state index >= 15 is 0 Å². The molecule has 0 unspecified atom stereocenters. The Bertz CT molecular complexity index is 487. The average molecular weight is 200 g/mol. The van der Waals surface area contributed by atoms with Gasteiger partial charge in [0.25, 0.3) is 0 Å². The first-order valence-corrected chi connectivity index (χ1v) is 5.06. The highest BCUT2D eigenvalue weighted by atomic mass is 15.3. The number of hydrogen-bond acceptors (Lipinski definition) is 3. The monoisotopic (exact) mass is 200 g/mol. The number of fused-ring (bicyclic) bond motifs is 1. The van der Waals surface area contributed by atoms with Gasteiger partial charge in [0.15, 0.2) is 5.82 Å². The van der Waals surface area contributed by atoms with Gasteiger partial charge in [-0.2, -0.15) is 5.10 Å². The van der Waals surface area contributed by atoms with Gasteiger partial charge in [-0.05, 0) is 19.1 Å². The summed E-state index contributed by atoms with van der Waals surface area (Å²) in [6.07, 6.45) is 1.79. The Morgan fingerprint density at radius 1 is 1.33 bits per heavy atom. The molecule has 76 valence electrons. The van der Waals surface area contributed by atoms with E-state index in [-0.39, 0.29) is 0 Å². The molecule has 2 aromatic rings. The SMILES string of the molecule is Cc1c2c(nn1-c1ccccn1)CNC2. The van der Waals surface area contributed by atoms with Crippen molar-refractivity contribution in [3.8, 4) is 5.82 Å². The van der Waals surface area contributed by atoms with Gasteiger partial charge < -0.3 is 5.32 Å². The third-order valence-corrected chi connectivity index (χ3v) is 2.78. The second-order valence-corrected chi connectivity index (χ2v) is 3.71. The van der Waals surface area contributed by atoms with Gasteiger partial charge in [0.2, 0.25) is 0 Å². The summed E-state index contributed by atoms with van der Waals surface area (Å²) < 4.78 is 1.92. The van der Waals surface area contributed by atoms with Gasteiger partial charge in [0.05, 0.1) is 5.69 Å². The van der Waals surface area contributed by atoms with Gasteiger partial charge in [-0.25, -0.2) is 9.67 Å². The van der Waals surface area contributed by atoms with Crippen LogP contribution in [-0.4, -0.2) is 14.8 Å². The van der Waals surface area contributed by atoms with Crippen LogP contribution in [0.25, 0.3) is 5.82 Å². The molecule has 3 heterocycles. The molecule has 1 aliphatic rings. The van der Waals surface area contributed by atoms with Gasteiger partial charge in [-0.3, -0.25) is 0 Å². The van der Waals surface area contributed by atoms with Crippen LogP contribution in [0.4, 0.5) is 0 Å². The minimum atomic E-state index is 0.871. The molecule has 0 fully saturated rings. The lowest BCUT2D eigenvalue weighted by molar-refractivity contribution is 0.704. The van der Waals surface area contributed by atoms with Crippen molar-refractivity contribution in [3.05, 3.63) is 41.3 Å². The lowest BCUT2D eigenvalue weighted by Gasteiger charge is -2.03. The van der Waals surface area contributed by atoms with Crippen LogP contribution < -0.4 is 5.32 Å². The number of nitrogens with one attached hydrogen (secondary N) is 1. The third kappa shape index (κ3) is 1.26. The predicted molar refractivity (Wildman–Crippen MR) is 56.6 cm³/mol. The molecule has 0 saturated carbocycles. The number of nitrogens with zero attached hydrogens (tertiary/aromatic N) is 3. The second kappa shape index (κ2) is 3.17. The molecule has 0 amide bonds.